The SMILES string of the molecule is NC1CCN(c2ccc(NC3CCC(=O)NC3)cc2F)CC1. The fraction of sp³-hybridized carbons (Fsp3) is 0.562. The third-order valence-electron chi connectivity index (χ3n) is 4.46. The lowest BCUT2D eigenvalue weighted by atomic mass is 10.0. The lowest BCUT2D eigenvalue weighted by molar-refractivity contribution is -0.122. The molecular weight excluding hydrogens is 283 g/mol. The summed E-state index contributed by atoms with van der Waals surface area (Å²) < 4.78 is 14.4. The number of carbonyl (C=O) groups excluding carboxylic acids is 1. The number of rotatable bonds is 3. The van der Waals surface area contributed by atoms with Gasteiger partial charge in [-0.2, -0.15) is 0 Å². The van der Waals surface area contributed by atoms with Crippen molar-refractivity contribution in [3.05, 3.63) is 24.0 Å². The van der Waals surface area contributed by atoms with E-state index in [-0.39, 0.29) is 23.8 Å². The molecule has 2 aliphatic heterocycles. The summed E-state index contributed by atoms with van der Waals surface area (Å²) in [6, 6.07) is 5.68. The second kappa shape index (κ2) is 6.52. The molecular formula is C16H23FN4O. The molecule has 0 aliphatic carbocycles. The molecule has 3 rings (SSSR count). The number of anilines is 2. The van der Waals surface area contributed by atoms with E-state index in [0.717, 1.165) is 38.0 Å². The highest BCUT2D eigenvalue weighted by Crippen LogP contribution is 2.26. The molecule has 1 aromatic rings. The van der Waals surface area contributed by atoms with Crippen LogP contribution in [0.4, 0.5) is 15.8 Å². The van der Waals surface area contributed by atoms with Crippen molar-refractivity contribution in [2.24, 2.45) is 5.73 Å². The molecule has 0 saturated carbocycles. The molecule has 1 amide bonds. The number of nitrogens with one attached hydrogen (secondary N) is 2. The van der Waals surface area contributed by atoms with Gasteiger partial charge in [0.15, 0.2) is 0 Å². The Morgan fingerprint density at radius 2 is 2.05 bits per heavy atom. The normalized spacial score (nSPS) is 23.3. The van der Waals surface area contributed by atoms with E-state index in [2.05, 4.69) is 15.5 Å². The molecule has 1 atom stereocenters. The van der Waals surface area contributed by atoms with Crippen molar-refractivity contribution >= 4 is 17.3 Å². The summed E-state index contributed by atoms with van der Waals surface area (Å²) in [5.41, 5.74) is 7.30. The fourth-order valence-electron chi connectivity index (χ4n) is 3.09. The summed E-state index contributed by atoms with van der Waals surface area (Å²) >= 11 is 0. The van der Waals surface area contributed by atoms with Crippen molar-refractivity contribution in [3.63, 3.8) is 0 Å². The summed E-state index contributed by atoms with van der Waals surface area (Å²) in [6.45, 7) is 2.20. The topological polar surface area (TPSA) is 70.4 Å². The first-order valence-corrected chi connectivity index (χ1v) is 7.95. The largest absolute Gasteiger partial charge is 0.380 e. The van der Waals surface area contributed by atoms with Gasteiger partial charge in [0, 0.05) is 43.8 Å². The highest BCUT2D eigenvalue weighted by molar-refractivity contribution is 5.77. The number of piperidine rings is 2. The van der Waals surface area contributed by atoms with E-state index in [0.29, 0.717) is 18.7 Å². The second-order valence-corrected chi connectivity index (χ2v) is 6.17. The maximum Gasteiger partial charge on any atom is 0.220 e. The second-order valence-electron chi connectivity index (χ2n) is 6.17. The molecule has 2 aliphatic rings. The molecule has 6 heteroatoms. The van der Waals surface area contributed by atoms with Crippen molar-refractivity contribution in [1.29, 1.82) is 0 Å². The molecule has 0 aromatic heterocycles. The van der Waals surface area contributed by atoms with Crippen LogP contribution in [0.2, 0.25) is 0 Å². The van der Waals surface area contributed by atoms with E-state index in [4.69, 9.17) is 5.73 Å². The van der Waals surface area contributed by atoms with Gasteiger partial charge in [-0.05, 0) is 37.5 Å². The quantitative estimate of drug-likeness (QED) is 0.790. The van der Waals surface area contributed by atoms with Gasteiger partial charge in [0.2, 0.25) is 5.91 Å². The third-order valence-corrected chi connectivity index (χ3v) is 4.46. The lowest BCUT2D eigenvalue weighted by Gasteiger charge is -2.32. The number of amides is 1. The molecule has 0 bridgehead atoms. The van der Waals surface area contributed by atoms with Gasteiger partial charge in [0.1, 0.15) is 5.82 Å². The van der Waals surface area contributed by atoms with Crippen LogP contribution in [0.25, 0.3) is 0 Å². The highest BCUT2D eigenvalue weighted by Gasteiger charge is 2.20. The van der Waals surface area contributed by atoms with Crippen LogP contribution in [-0.2, 0) is 4.79 Å². The van der Waals surface area contributed by atoms with E-state index < -0.39 is 0 Å². The van der Waals surface area contributed by atoms with Crippen molar-refractivity contribution in [2.75, 3.05) is 29.9 Å². The zero-order valence-electron chi connectivity index (χ0n) is 12.6. The number of carbonyl (C=O) groups is 1. The van der Waals surface area contributed by atoms with Gasteiger partial charge in [-0.25, -0.2) is 4.39 Å². The minimum Gasteiger partial charge on any atom is -0.380 e. The lowest BCUT2D eigenvalue weighted by Crippen LogP contribution is -2.42. The number of nitrogens with zero attached hydrogens (tertiary/aromatic N) is 1. The Morgan fingerprint density at radius 1 is 1.27 bits per heavy atom. The Kier molecular flexibility index (Phi) is 4.47. The van der Waals surface area contributed by atoms with E-state index in [1.54, 1.807) is 6.07 Å². The molecule has 2 heterocycles. The molecule has 2 saturated heterocycles. The maximum absolute atomic E-state index is 14.4. The van der Waals surface area contributed by atoms with Crippen LogP contribution in [0.1, 0.15) is 25.7 Å². The highest BCUT2D eigenvalue weighted by atomic mass is 19.1. The first-order chi connectivity index (χ1) is 10.6. The van der Waals surface area contributed by atoms with Gasteiger partial charge in [-0.15, -0.1) is 0 Å². The Bertz CT molecular complexity index is 533. The van der Waals surface area contributed by atoms with Crippen LogP contribution in [0.15, 0.2) is 18.2 Å². The zero-order valence-corrected chi connectivity index (χ0v) is 12.6. The van der Waals surface area contributed by atoms with Gasteiger partial charge < -0.3 is 21.3 Å². The molecule has 5 nitrogen and oxygen atoms in total. The maximum atomic E-state index is 14.4. The average molecular weight is 306 g/mol. The monoisotopic (exact) mass is 306 g/mol. The van der Waals surface area contributed by atoms with Gasteiger partial charge in [0.05, 0.1) is 5.69 Å². The van der Waals surface area contributed by atoms with Crippen LogP contribution in [0.3, 0.4) is 0 Å². The Labute approximate surface area is 130 Å². The summed E-state index contributed by atoms with van der Waals surface area (Å²) in [5, 5.41) is 6.11. The molecule has 0 spiro atoms. The van der Waals surface area contributed by atoms with E-state index in [1.165, 1.54) is 0 Å². The van der Waals surface area contributed by atoms with Gasteiger partial charge >= 0.3 is 0 Å². The fourth-order valence-corrected chi connectivity index (χ4v) is 3.09. The van der Waals surface area contributed by atoms with Crippen LogP contribution in [-0.4, -0.2) is 37.6 Å². The van der Waals surface area contributed by atoms with Gasteiger partial charge in [0.25, 0.3) is 0 Å². The van der Waals surface area contributed by atoms with Crippen molar-refractivity contribution in [1.82, 2.24) is 5.32 Å². The number of benzene rings is 1. The summed E-state index contributed by atoms with van der Waals surface area (Å²) in [7, 11) is 0. The predicted octanol–water partition coefficient (Wildman–Crippen LogP) is 1.44. The first-order valence-electron chi connectivity index (χ1n) is 7.95. The Hall–Kier alpha value is -1.82. The minimum atomic E-state index is -0.208. The minimum absolute atomic E-state index is 0.0860. The van der Waals surface area contributed by atoms with E-state index in [1.807, 2.05) is 12.1 Å². The summed E-state index contributed by atoms with van der Waals surface area (Å²) in [5.74, 6) is -0.122. The first kappa shape index (κ1) is 15.1. The van der Waals surface area contributed by atoms with Crippen molar-refractivity contribution in [2.45, 2.75) is 37.8 Å². The molecule has 22 heavy (non-hydrogen) atoms. The van der Waals surface area contributed by atoms with Crippen LogP contribution in [0, 0.1) is 5.82 Å². The summed E-state index contributed by atoms with van der Waals surface area (Å²) in [6.07, 6.45) is 3.11. The number of nitrogens with two attached hydrogens (primary N) is 1. The molecule has 1 unspecified atom stereocenters. The average Bonchev–Trinajstić information content (AvgIpc) is 2.51. The number of halogens is 1. The van der Waals surface area contributed by atoms with Crippen molar-refractivity contribution in [3.8, 4) is 0 Å². The standard InChI is InChI=1S/C16H23FN4O/c17-14-9-12(20-13-2-4-16(22)19-10-13)1-3-15(14)21-7-5-11(18)6-8-21/h1,3,9,11,13,20H,2,4-8,10,18H2,(H,19,22). The number of hydrogen-bond donors (Lipinski definition) is 3. The van der Waals surface area contributed by atoms with Crippen molar-refractivity contribution < 1.29 is 9.18 Å². The molecule has 120 valence electrons. The number of hydrogen-bond acceptors (Lipinski definition) is 4. The molecule has 2 fully saturated rings. The van der Waals surface area contributed by atoms with E-state index in [9.17, 15) is 9.18 Å². The van der Waals surface area contributed by atoms with Crippen LogP contribution in [0.5, 0.6) is 0 Å². The van der Waals surface area contributed by atoms with E-state index >= 15 is 0 Å². The Balaban J connectivity index is 1.63. The summed E-state index contributed by atoms with van der Waals surface area (Å²) in [4.78, 5) is 13.2. The molecule has 1 aromatic carbocycles. The zero-order chi connectivity index (χ0) is 15.5. The Morgan fingerprint density at radius 3 is 2.68 bits per heavy atom. The van der Waals surface area contributed by atoms with Crippen LogP contribution >= 0.6 is 0 Å². The smallest absolute Gasteiger partial charge is 0.220 e. The van der Waals surface area contributed by atoms with Crippen LogP contribution < -0.4 is 21.3 Å². The molecule has 0 radical (unpaired) electrons. The predicted molar refractivity (Wildman–Crippen MR) is 85.5 cm³/mol. The third kappa shape index (κ3) is 3.50. The molecule has 4 N–H and O–H groups in total. The van der Waals surface area contributed by atoms with Gasteiger partial charge in [-0.1, -0.05) is 0 Å². The van der Waals surface area contributed by atoms with Gasteiger partial charge in [-0.3, -0.25) is 4.79 Å².